The van der Waals surface area contributed by atoms with Crippen LogP contribution in [0.4, 0.5) is 0 Å². The highest BCUT2D eigenvalue weighted by molar-refractivity contribution is 7.99. The van der Waals surface area contributed by atoms with Crippen LogP contribution in [0.2, 0.25) is 0 Å². The van der Waals surface area contributed by atoms with Gasteiger partial charge in [-0.25, -0.2) is 0 Å². The van der Waals surface area contributed by atoms with Gasteiger partial charge in [0, 0.05) is 18.5 Å². The van der Waals surface area contributed by atoms with Gasteiger partial charge in [-0.15, -0.1) is 0 Å². The average molecular weight is 318 g/mol. The molecule has 0 aromatic carbocycles. The first-order valence-electron chi connectivity index (χ1n) is 7.84. The summed E-state index contributed by atoms with van der Waals surface area (Å²) in [4.78, 5) is 11.3. The first-order chi connectivity index (χ1) is 10.7. The van der Waals surface area contributed by atoms with Gasteiger partial charge in [0.15, 0.2) is 0 Å². The lowest BCUT2D eigenvalue weighted by atomic mass is 10.2. The molecule has 6 heteroatoms. The average Bonchev–Trinajstić information content (AvgIpc) is 3.16. The minimum atomic E-state index is 0.262. The first-order valence-corrected chi connectivity index (χ1v) is 8.89. The summed E-state index contributed by atoms with van der Waals surface area (Å²) >= 11 is 2.00. The molecule has 0 amide bonds. The highest BCUT2D eigenvalue weighted by Gasteiger charge is 2.30. The maximum absolute atomic E-state index is 5.51. The van der Waals surface area contributed by atoms with E-state index in [2.05, 4.69) is 33.9 Å². The number of hydrogen-bond donors (Lipinski definition) is 0. The summed E-state index contributed by atoms with van der Waals surface area (Å²) in [6.07, 6.45) is 4.03. The summed E-state index contributed by atoms with van der Waals surface area (Å²) in [5.74, 6) is 2.46. The van der Waals surface area contributed by atoms with Crippen LogP contribution in [-0.4, -0.2) is 44.1 Å². The lowest BCUT2D eigenvalue weighted by Gasteiger charge is -2.21. The zero-order chi connectivity index (χ0) is 15.4. The van der Waals surface area contributed by atoms with Crippen molar-refractivity contribution >= 4 is 11.8 Å². The molecule has 0 radical (unpaired) electrons. The van der Waals surface area contributed by atoms with Crippen molar-refractivity contribution in [3.63, 3.8) is 0 Å². The summed E-state index contributed by atoms with van der Waals surface area (Å²) < 4.78 is 5.51. The molecule has 118 valence electrons. The third-order valence-electron chi connectivity index (χ3n) is 3.81. The Bertz CT molecular complexity index is 587. The van der Waals surface area contributed by atoms with E-state index in [9.17, 15) is 0 Å². The lowest BCUT2D eigenvalue weighted by molar-refractivity contribution is 0.218. The van der Waals surface area contributed by atoms with Gasteiger partial charge in [-0.1, -0.05) is 25.1 Å². The van der Waals surface area contributed by atoms with Crippen molar-refractivity contribution in [3.05, 3.63) is 30.3 Å². The van der Waals surface area contributed by atoms with Crippen molar-refractivity contribution in [3.8, 4) is 11.5 Å². The van der Waals surface area contributed by atoms with Gasteiger partial charge in [0.1, 0.15) is 5.69 Å². The number of thioether (sulfide) groups is 1. The molecule has 0 aliphatic carbocycles. The Morgan fingerprint density at radius 1 is 1.41 bits per heavy atom. The Balaban J connectivity index is 1.67. The predicted octanol–water partition coefficient (Wildman–Crippen LogP) is 3.41. The van der Waals surface area contributed by atoms with Crippen molar-refractivity contribution in [1.29, 1.82) is 0 Å². The van der Waals surface area contributed by atoms with E-state index in [1.54, 1.807) is 6.20 Å². The number of pyridine rings is 1. The number of nitrogens with zero attached hydrogens (tertiary/aromatic N) is 4. The van der Waals surface area contributed by atoms with E-state index in [4.69, 9.17) is 4.52 Å². The van der Waals surface area contributed by atoms with Crippen molar-refractivity contribution < 1.29 is 4.52 Å². The molecule has 0 saturated carbocycles. The van der Waals surface area contributed by atoms with E-state index in [-0.39, 0.29) is 6.04 Å². The highest BCUT2D eigenvalue weighted by Crippen LogP contribution is 2.31. The standard InChI is InChI=1S/C16H22N4OS/c1-12(2)22-11-10-20-9-5-7-14(20)16-18-15(19-21-16)13-6-3-4-8-17-13/h3-4,6,8,12,14H,5,7,9-11H2,1-2H3/t14-/m0/s1. The SMILES string of the molecule is CC(C)SCCN1CCC[C@H]1c1nc(-c2ccccn2)no1. The van der Waals surface area contributed by atoms with Crippen molar-refractivity contribution in [1.82, 2.24) is 20.0 Å². The highest BCUT2D eigenvalue weighted by atomic mass is 32.2. The molecule has 0 bridgehead atoms. The molecule has 1 aliphatic heterocycles. The number of rotatable bonds is 6. The van der Waals surface area contributed by atoms with Gasteiger partial charge in [-0.3, -0.25) is 9.88 Å². The third-order valence-corrected chi connectivity index (χ3v) is 4.90. The van der Waals surface area contributed by atoms with Crippen molar-refractivity contribution in [2.75, 3.05) is 18.8 Å². The van der Waals surface area contributed by atoms with Gasteiger partial charge in [-0.2, -0.15) is 16.7 Å². The van der Waals surface area contributed by atoms with E-state index in [1.807, 2.05) is 30.0 Å². The Morgan fingerprint density at radius 2 is 2.32 bits per heavy atom. The van der Waals surface area contributed by atoms with Crippen LogP contribution in [0, 0.1) is 0 Å². The van der Waals surface area contributed by atoms with E-state index >= 15 is 0 Å². The summed E-state index contributed by atoms with van der Waals surface area (Å²) in [6, 6.07) is 5.98. The van der Waals surface area contributed by atoms with Crippen LogP contribution in [0.15, 0.2) is 28.9 Å². The fourth-order valence-electron chi connectivity index (χ4n) is 2.75. The van der Waals surface area contributed by atoms with Crippen molar-refractivity contribution in [2.24, 2.45) is 0 Å². The van der Waals surface area contributed by atoms with Crippen LogP contribution < -0.4 is 0 Å². The molecule has 0 unspecified atom stereocenters. The second-order valence-electron chi connectivity index (χ2n) is 5.78. The minimum absolute atomic E-state index is 0.262. The van der Waals surface area contributed by atoms with E-state index in [0.29, 0.717) is 11.1 Å². The molecule has 2 aromatic heterocycles. The number of likely N-dealkylation sites (tertiary alicyclic amines) is 1. The van der Waals surface area contributed by atoms with E-state index < -0.39 is 0 Å². The molecule has 1 saturated heterocycles. The largest absolute Gasteiger partial charge is 0.337 e. The molecule has 1 fully saturated rings. The molecule has 3 rings (SSSR count). The van der Waals surface area contributed by atoms with Crippen molar-refractivity contribution in [2.45, 2.75) is 38.0 Å². The molecule has 0 N–H and O–H groups in total. The molecular weight excluding hydrogens is 296 g/mol. The maximum Gasteiger partial charge on any atom is 0.244 e. The van der Waals surface area contributed by atoms with Crippen LogP contribution in [0.25, 0.3) is 11.5 Å². The van der Waals surface area contributed by atoms with Gasteiger partial charge < -0.3 is 4.52 Å². The molecule has 3 heterocycles. The van der Waals surface area contributed by atoms with Gasteiger partial charge in [0.05, 0.1) is 6.04 Å². The summed E-state index contributed by atoms with van der Waals surface area (Å²) in [5, 5.41) is 4.77. The molecule has 1 aliphatic rings. The Hall–Kier alpha value is -1.40. The minimum Gasteiger partial charge on any atom is -0.337 e. The van der Waals surface area contributed by atoms with Crippen LogP contribution in [0.3, 0.4) is 0 Å². The second-order valence-corrected chi connectivity index (χ2v) is 7.47. The van der Waals surface area contributed by atoms with E-state index in [0.717, 1.165) is 36.8 Å². The third kappa shape index (κ3) is 3.67. The van der Waals surface area contributed by atoms with Gasteiger partial charge in [0.2, 0.25) is 11.7 Å². The second kappa shape index (κ2) is 7.24. The summed E-state index contributed by atoms with van der Waals surface area (Å²) in [7, 11) is 0. The zero-order valence-corrected chi connectivity index (χ0v) is 13.9. The fourth-order valence-corrected chi connectivity index (χ4v) is 3.56. The monoisotopic (exact) mass is 318 g/mol. The van der Waals surface area contributed by atoms with Crippen LogP contribution in [0.5, 0.6) is 0 Å². The normalized spacial score (nSPS) is 19.1. The smallest absolute Gasteiger partial charge is 0.244 e. The molecule has 1 atom stereocenters. The Morgan fingerprint density at radius 3 is 3.09 bits per heavy atom. The van der Waals surface area contributed by atoms with Gasteiger partial charge in [-0.05, 0) is 36.8 Å². The molecule has 5 nitrogen and oxygen atoms in total. The zero-order valence-electron chi connectivity index (χ0n) is 13.1. The Labute approximate surface area is 135 Å². The van der Waals surface area contributed by atoms with E-state index in [1.165, 1.54) is 6.42 Å². The summed E-state index contributed by atoms with van der Waals surface area (Å²) in [5.41, 5.74) is 0.761. The summed E-state index contributed by atoms with van der Waals surface area (Å²) in [6.45, 7) is 6.67. The molecule has 0 spiro atoms. The quantitative estimate of drug-likeness (QED) is 0.813. The van der Waals surface area contributed by atoms with Gasteiger partial charge >= 0.3 is 0 Å². The molecule has 22 heavy (non-hydrogen) atoms. The van der Waals surface area contributed by atoms with Crippen LogP contribution in [0.1, 0.15) is 38.6 Å². The lowest BCUT2D eigenvalue weighted by Crippen LogP contribution is -2.26. The first kappa shape index (κ1) is 15.5. The van der Waals surface area contributed by atoms with Crippen LogP contribution >= 0.6 is 11.8 Å². The Kier molecular flexibility index (Phi) is 5.10. The maximum atomic E-state index is 5.51. The van der Waals surface area contributed by atoms with Gasteiger partial charge in [0.25, 0.3) is 0 Å². The molecule has 2 aromatic rings. The van der Waals surface area contributed by atoms with Crippen LogP contribution in [-0.2, 0) is 0 Å². The number of aromatic nitrogens is 3. The molecular formula is C16H22N4OS. The number of hydrogen-bond acceptors (Lipinski definition) is 6. The fraction of sp³-hybridized carbons (Fsp3) is 0.562. The topological polar surface area (TPSA) is 55.1 Å². The predicted molar refractivity (Wildman–Crippen MR) is 88.7 cm³/mol.